The van der Waals surface area contributed by atoms with Gasteiger partial charge in [-0.15, -0.1) is 0 Å². The summed E-state index contributed by atoms with van der Waals surface area (Å²) in [6.07, 6.45) is 3.48. The lowest BCUT2D eigenvalue weighted by molar-refractivity contribution is -0.131. The Labute approximate surface area is 133 Å². The van der Waals surface area contributed by atoms with Gasteiger partial charge in [-0.2, -0.15) is 0 Å². The van der Waals surface area contributed by atoms with E-state index in [2.05, 4.69) is 40.1 Å². The summed E-state index contributed by atoms with van der Waals surface area (Å²) in [5.41, 5.74) is 1.41. The van der Waals surface area contributed by atoms with Crippen LogP contribution < -0.4 is 0 Å². The molecule has 2 aliphatic heterocycles. The summed E-state index contributed by atoms with van der Waals surface area (Å²) in [6.45, 7) is 7.89. The van der Waals surface area contributed by atoms with Crippen LogP contribution in [0.1, 0.15) is 18.4 Å². The first-order valence-corrected chi connectivity index (χ1v) is 8.58. The van der Waals surface area contributed by atoms with Crippen molar-refractivity contribution in [2.24, 2.45) is 0 Å². The largest absolute Gasteiger partial charge is 0.342 e. The van der Waals surface area contributed by atoms with E-state index < -0.39 is 0 Å². The van der Waals surface area contributed by atoms with Gasteiger partial charge in [0.1, 0.15) is 0 Å². The van der Waals surface area contributed by atoms with Crippen LogP contribution in [0.2, 0.25) is 0 Å². The van der Waals surface area contributed by atoms with Gasteiger partial charge in [-0.1, -0.05) is 30.3 Å². The Bertz CT molecular complexity index is 462. The van der Waals surface area contributed by atoms with Gasteiger partial charge in [0.15, 0.2) is 0 Å². The first-order chi connectivity index (χ1) is 10.8. The number of carbonyl (C=O) groups is 1. The first kappa shape index (κ1) is 15.5. The van der Waals surface area contributed by atoms with Crippen LogP contribution in [0.4, 0.5) is 0 Å². The minimum absolute atomic E-state index is 0.329. The van der Waals surface area contributed by atoms with Crippen LogP contribution in [0.3, 0.4) is 0 Å². The molecule has 1 aromatic carbocycles. The topological polar surface area (TPSA) is 26.8 Å². The highest BCUT2D eigenvalue weighted by atomic mass is 16.2. The second-order valence-electron chi connectivity index (χ2n) is 6.44. The van der Waals surface area contributed by atoms with Crippen molar-refractivity contribution in [1.29, 1.82) is 0 Å². The maximum absolute atomic E-state index is 12.2. The van der Waals surface area contributed by atoms with Gasteiger partial charge in [-0.3, -0.25) is 9.69 Å². The Kier molecular flexibility index (Phi) is 5.46. The summed E-state index contributed by atoms with van der Waals surface area (Å²) in [5.74, 6) is 0.329. The number of benzene rings is 1. The highest BCUT2D eigenvalue weighted by Gasteiger charge is 2.23. The molecule has 0 unspecified atom stereocenters. The summed E-state index contributed by atoms with van der Waals surface area (Å²) in [5, 5.41) is 0. The maximum atomic E-state index is 12.2. The summed E-state index contributed by atoms with van der Waals surface area (Å²) in [7, 11) is 0. The monoisotopic (exact) mass is 301 g/mol. The van der Waals surface area contributed by atoms with E-state index in [4.69, 9.17) is 0 Å². The molecule has 0 radical (unpaired) electrons. The van der Waals surface area contributed by atoms with E-state index >= 15 is 0 Å². The fourth-order valence-corrected chi connectivity index (χ4v) is 3.36. The van der Waals surface area contributed by atoms with Crippen molar-refractivity contribution in [3.05, 3.63) is 35.9 Å². The minimum Gasteiger partial charge on any atom is -0.342 e. The lowest BCUT2D eigenvalue weighted by atomic mass is 10.1. The van der Waals surface area contributed by atoms with Crippen LogP contribution in [0.5, 0.6) is 0 Å². The third-order valence-corrected chi connectivity index (χ3v) is 4.84. The maximum Gasteiger partial charge on any atom is 0.236 e. The van der Waals surface area contributed by atoms with Gasteiger partial charge in [0, 0.05) is 45.8 Å². The second kappa shape index (κ2) is 7.75. The molecule has 3 rings (SSSR count). The standard InChI is InChI=1S/C18H27N3O/c22-18(21-9-4-5-10-21)16-20-14-12-19(13-15-20)11-8-17-6-2-1-3-7-17/h1-3,6-7H,4-5,8-16H2. The Balaban J connectivity index is 1.36. The molecule has 0 atom stereocenters. The van der Waals surface area contributed by atoms with Gasteiger partial charge in [0.25, 0.3) is 0 Å². The van der Waals surface area contributed by atoms with E-state index in [1.807, 2.05) is 4.90 Å². The van der Waals surface area contributed by atoms with Crippen molar-refractivity contribution in [3.63, 3.8) is 0 Å². The number of piperazine rings is 1. The molecule has 120 valence electrons. The number of rotatable bonds is 5. The molecule has 0 aliphatic carbocycles. The molecule has 0 N–H and O–H groups in total. The molecule has 0 saturated carbocycles. The van der Waals surface area contributed by atoms with Gasteiger partial charge in [-0.05, 0) is 24.8 Å². The summed E-state index contributed by atoms with van der Waals surface area (Å²) < 4.78 is 0. The Morgan fingerprint density at radius 3 is 2.18 bits per heavy atom. The molecule has 0 aromatic heterocycles. The number of likely N-dealkylation sites (tertiary alicyclic amines) is 1. The zero-order valence-corrected chi connectivity index (χ0v) is 13.4. The number of nitrogens with zero attached hydrogens (tertiary/aromatic N) is 3. The molecule has 1 aromatic rings. The fourth-order valence-electron chi connectivity index (χ4n) is 3.36. The van der Waals surface area contributed by atoms with Gasteiger partial charge in [0.05, 0.1) is 6.54 Å². The van der Waals surface area contributed by atoms with Crippen LogP contribution >= 0.6 is 0 Å². The van der Waals surface area contributed by atoms with E-state index in [0.717, 1.165) is 52.2 Å². The number of hydrogen-bond donors (Lipinski definition) is 0. The molecular formula is C18H27N3O. The molecule has 2 saturated heterocycles. The second-order valence-corrected chi connectivity index (χ2v) is 6.44. The highest BCUT2D eigenvalue weighted by Crippen LogP contribution is 2.10. The zero-order chi connectivity index (χ0) is 15.2. The summed E-state index contributed by atoms with van der Waals surface area (Å²) >= 11 is 0. The molecule has 4 nitrogen and oxygen atoms in total. The predicted octanol–water partition coefficient (Wildman–Crippen LogP) is 1.47. The van der Waals surface area contributed by atoms with E-state index in [-0.39, 0.29) is 0 Å². The van der Waals surface area contributed by atoms with Gasteiger partial charge in [-0.25, -0.2) is 0 Å². The molecule has 2 aliphatic rings. The van der Waals surface area contributed by atoms with Crippen LogP contribution in [0, 0.1) is 0 Å². The molecular weight excluding hydrogens is 274 g/mol. The smallest absolute Gasteiger partial charge is 0.236 e. The van der Waals surface area contributed by atoms with Crippen molar-refractivity contribution < 1.29 is 4.79 Å². The zero-order valence-electron chi connectivity index (χ0n) is 13.4. The third-order valence-electron chi connectivity index (χ3n) is 4.84. The van der Waals surface area contributed by atoms with Gasteiger partial charge < -0.3 is 9.80 Å². The van der Waals surface area contributed by atoms with E-state index in [9.17, 15) is 4.79 Å². The highest BCUT2D eigenvalue weighted by molar-refractivity contribution is 5.78. The third kappa shape index (κ3) is 4.31. The summed E-state index contributed by atoms with van der Waals surface area (Å²) in [6, 6.07) is 10.7. The summed E-state index contributed by atoms with van der Waals surface area (Å²) in [4.78, 5) is 19.0. The van der Waals surface area contributed by atoms with Crippen LogP contribution in [-0.2, 0) is 11.2 Å². The van der Waals surface area contributed by atoms with Crippen LogP contribution in [0.15, 0.2) is 30.3 Å². The van der Waals surface area contributed by atoms with Crippen molar-refractivity contribution in [2.75, 3.05) is 52.4 Å². The molecule has 2 fully saturated rings. The van der Waals surface area contributed by atoms with E-state index in [0.29, 0.717) is 12.5 Å². The number of amides is 1. The molecule has 1 amide bonds. The van der Waals surface area contributed by atoms with Crippen molar-refractivity contribution >= 4 is 5.91 Å². The Morgan fingerprint density at radius 1 is 0.864 bits per heavy atom. The van der Waals surface area contributed by atoms with Crippen molar-refractivity contribution in [3.8, 4) is 0 Å². The van der Waals surface area contributed by atoms with Crippen LogP contribution in [-0.4, -0.2) is 73.0 Å². The molecule has 2 heterocycles. The predicted molar refractivity (Wildman–Crippen MR) is 88.8 cm³/mol. The lowest BCUT2D eigenvalue weighted by Crippen LogP contribution is -2.50. The normalized spacial score (nSPS) is 20.5. The Morgan fingerprint density at radius 2 is 1.50 bits per heavy atom. The average molecular weight is 301 g/mol. The lowest BCUT2D eigenvalue weighted by Gasteiger charge is -2.35. The molecule has 4 heteroatoms. The molecule has 0 bridgehead atoms. The minimum atomic E-state index is 0.329. The number of carbonyl (C=O) groups excluding carboxylic acids is 1. The van der Waals surface area contributed by atoms with Gasteiger partial charge >= 0.3 is 0 Å². The van der Waals surface area contributed by atoms with E-state index in [1.54, 1.807) is 0 Å². The number of hydrogen-bond acceptors (Lipinski definition) is 3. The fraction of sp³-hybridized carbons (Fsp3) is 0.611. The average Bonchev–Trinajstić information content (AvgIpc) is 3.10. The molecule has 22 heavy (non-hydrogen) atoms. The SMILES string of the molecule is O=C(CN1CCN(CCc2ccccc2)CC1)N1CCCC1. The first-order valence-electron chi connectivity index (χ1n) is 8.58. The van der Waals surface area contributed by atoms with Gasteiger partial charge in [0.2, 0.25) is 5.91 Å². The molecule has 0 spiro atoms. The van der Waals surface area contributed by atoms with Crippen molar-refractivity contribution in [2.45, 2.75) is 19.3 Å². The Hall–Kier alpha value is -1.39. The quantitative estimate of drug-likeness (QED) is 0.824. The van der Waals surface area contributed by atoms with Crippen LogP contribution in [0.25, 0.3) is 0 Å². The van der Waals surface area contributed by atoms with Crippen molar-refractivity contribution in [1.82, 2.24) is 14.7 Å². The van der Waals surface area contributed by atoms with E-state index in [1.165, 1.54) is 18.4 Å².